The summed E-state index contributed by atoms with van der Waals surface area (Å²) in [5.41, 5.74) is 0.135. The minimum atomic E-state index is -1.30. The maximum atomic E-state index is 12.3. The number of carboxylic acid groups (broad SMARTS) is 1. The van der Waals surface area contributed by atoms with Gasteiger partial charge in [0.2, 0.25) is 10.6 Å². The Balaban J connectivity index is 1.96. The molecular formula is C16H9N5O3S. The van der Waals surface area contributed by atoms with Crippen molar-refractivity contribution < 1.29 is 9.90 Å². The van der Waals surface area contributed by atoms with E-state index in [1.165, 1.54) is 23.0 Å². The third-order valence-corrected chi connectivity index (χ3v) is 4.25. The van der Waals surface area contributed by atoms with Crippen LogP contribution in [0.25, 0.3) is 27.6 Å². The number of carbonyl (C=O) groups is 1. The molecule has 0 radical (unpaired) electrons. The molecule has 0 fully saturated rings. The van der Waals surface area contributed by atoms with E-state index >= 15 is 0 Å². The highest BCUT2D eigenvalue weighted by atomic mass is 32.1. The Morgan fingerprint density at radius 1 is 1.20 bits per heavy atom. The van der Waals surface area contributed by atoms with E-state index in [2.05, 4.69) is 19.3 Å². The Morgan fingerprint density at radius 3 is 2.80 bits per heavy atom. The van der Waals surface area contributed by atoms with Crippen LogP contribution in [-0.4, -0.2) is 35.0 Å². The van der Waals surface area contributed by atoms with E-state index in [1.54, 1.807) is 24.5 Å². The van der Waals surface area contributed by atoms with Gasteiger partial charge in [-0.1, -0.05) is 0 Å². The Morgan fingerprint density at radius 2 is 2.04 bits per heavy atom. The number of fused-ring (bicyclic) bond motifs is 1. The third kappa shape index (κ3) is 2.56. The number of aromatic carboxylic acids is 1. The number of carboxylic acids is 1. The van der Waals surface area contributed by atoms with Crippen molar-refractivity contribution in [2.45, 2.75) is 0 Å². The van der Waals surface area contributed by atoms with Crippen LogP contribution in [0.1, 0.15) is 10.4 Å². The number of nitrogens with zero attached hydrogens (tertiary/aromatic N) is 5. The summed E-state index contributed by atoms with van der Waals surface area (Å²) in [6, 6.07) is 6.72. The number of hydrogen-bond donors (Lipinski definition) is 1. The molecule has 0 bridgehead atoms. The number of pyridine rings is 3. The minimum absolute atomic E-state index is 0.209. The third-order valence-electron chi connectivity index (χ3n) is 3.53. The van der Waals surface area contributed by atoms with Crippen LogP contribution in [0, 0.1) is 0 Å². The Bertz CT molecular complexity index is 1150. The fourth-order valence-corrected chi connectivity index (χ4v) is 3.05. The molecule has 0 aliphatic carbocycles. The van der Waals surface area contributed by atoms with E-state index in [4.69, 9.17) is 0 Å². The Labute approximate surface area is 144 Å². The van der Waals surface area contributed by atoms with Gasteiger partial charge in [0.25, 0.3) is 0 Å². The van der Waals surface area contributed by atoms with Crippen molar-refractivity contribution >= 4 is 28.5 Å². The van der Waals surface area contributed by atoms with Crippen LogP contribution in [0.3, 0.4) is 0 Å². The van der Waals surface area contributed by atoms with Crippen molar-refractivity contribution in [3.8, 4) is 16.5 Å². The van der Waals surface area contributed by atoms with Gasteiger partial charge in [0.1, 0.15) is 11.2 Å². The predicted octanol–water partition coefficient (Wildman–Crippen LogP) is 2.00. The molecule has 4 aromatic heterocycles. The van der Waals surface area contributed by atoms with Crippen LogP contribution in [0.5, 0.6) is 0 Å². The summed E-state index contributed by atoms with van der Waals surface area (Å²) in [7, 11) is 0. The van der Waals surface area contributed by atoms with Crippen molar-refractivity contribution in [2.75, 3.05) is 0 Å². The van der Waals surface area contributed by atoms with Gasteiger partial charge in [0.15, 0.2) is 5.82 Å². The standard InChI is InChI=1S/C16H9N5O3S/c22-12-10-4-2-6-18-14(10)21(8-11(12)15(23)24)16-19-13(20-25-16)9-3-1-5-17-7-9/h1-8H,(H,23,24). The van der Waals surface area contributed by atoms with Gasteiger partial charge in [-0.2, -0.15) is 9.36 Å². The topological polar surface area (TPSA) is 111 Å². The lowest BCUT2D eigenvalue weighted by atomic mass is 10.2. The van der Waals surface area contributed by atoms with Crippen LogP contribution >= 0.6 is 11.5 Å². The zero-order valence-corrected chi connectivity index (χ0v) is 13.3. The summed E-state index contributed by atoms with van der Waals surface area (Å²) < 4.78 is 5.75. The average Bonchev–Trinajstić information content (AvgIpc) is 3.13. The molecular weight excluding hydrogens is 342 g/mol. The zero-order chi connectivity index (χ0) is 17.4. The molecule has 0 atom stereocenters. The summed E-state index contributed by atoms with van der Waals surface area (Å²) in [6.45, 7) is 0. The normalized spacial score (nSPS) is 10.9. The molecule has 0 unspecified atom stereocenters. The molecule has 4 heterocycles. The summed E-state index contributed by atoms with van der Waals surface area (Å²) in [5.74, 6) is -0.839. The molecule has 0 saturated carbocycles. The SMILES string of the molecule is O=C(O)c1cn(-c2nc(-c3cccnc3)ns2)c2ncccc2c1=O. The Kier molecular flexibility index (Phi) is 3.55. The van der Waals surface area contributed by atoms with Crippen molar-refractivity contribution in [3.63, 3.8) is 0 Å². The summed E-state index contributed by atoms with van der Waals surface area (Å²) in [6.07, 6.45) is 6.04. The smallest absolute Gasteiger partial charge is 0.341 e. The molecule has 0 spiro atoms. The quantitative estimate of drug-likeness (QED) is 0.601. The van der Waals surface area contributed by atoms with E-state index in [1.807, 2.05) is 6.07 Å². The first-order valence-electron chi connectivity index (χ1n) is 7.13. The van der Waals surface area contributed by atoms with Crippen LogP contribution in [0.15, 0.2) is 53.8 Å². The van der Waals surface area contributed by atoms with Crippen molar-refractivity contribution in [1.82, 2.24) is 23.9 Å². The average molecular weight is 351 g/mol. The van der Waals surface area contributed by atoms with Gasteiger partial charge in [0, 0.05) is 41.9 Å². The molecule has 8 nitrogen and oxygen atoms in total. The second kappa shape index (κ2) is 5.87. The number of rotatable bonds is 3. The van der Waals surface area contributed by atoms with Gasteiger partial charge in [0.05, 0.1) is 5.39 Å². The van der Waals surface area contributed by atoms with E-state index in [-0.39, 0.29) is 10.9 Å². The highest BCUT2D eigenvalue weighted by molar-refractivity contribution is 7.08. The summed E-state index contributed by atoms with van der Waals surface area (Å²) >= 11 is 1.08. The fraction of sp³-hybridized carbons (Fsp3) is 0. The molecule has 9 heteroatoms. The highest BCUT2D eigenvalue weighted by Gasteiger charge is 2.18. The summed E-state index contributed by atoms with van der Waals surface area (Å²) in [4.78, 5) is 36.4. The molecule has 0 aromatic carbocycles. The first kappa shape index (κ1) is 15.1. The zero-order valence-electron chi connectivity index (χ0n) is 12.5. The Hall–Kier alpha value is -3.46. The minimum Gasteiger partial charge on any atom is -0.477 e. The molecule has 0 aliphatic heterocycles. The van der Waals surface area contributed by atoms with E-state index < -0.39 is 11.4 Å². The van der Waals surface area contributed by atoms with E-state index in [0.717, 1.165) is 17.1 Å². The molecule has 4 aromatic rings. The van der Waals surface area contributed by atoms with Gasteiger partial charge in [-0.25, -0.2) is 9.78 Å². The van der Waals surface area contributed by atoms with Gasteiger partial charge in [-0.15, -0.1) is 0 Å². The fourth-order valence-electron chi connectivity index (χ4n) is 2.38. The van der Waals surface area contributed by atoms with Crippen LogP contribution in [0.2, 0.25) is 0 Å². The largest absolute Gasteiger partial charge is 0.477 e. The predicted molar refractivity (Wildman–Crippen MR) is 91.0 cm³/mol. The monoisotopic (exact) mass is 351 g/mol. The van der Waals surface area contributed by atoms with Crippen molar-refractivity contribution in [1.29, 1.82) is 0 Å². The lowest BCUT2D eigenvalue weighted by molar-refractivity contribution is 0.0695. The van der Waals surface area contributed by atoms with Gasteiger partial charge < -0.3 is 5.11 Å². The molecule has 122 valence electrons. The first-order chi connectivity index (χ1) is 12.1. The molecule has 0 saturated heterocycles. The van der Waals surface area contributed by atoms with E-state index in [0.29, 0.717) is 16.6 Å². The van der Waals surface area contributed by atoms with Gasteiger partial charge >= 0.3 is 5.97 Å². The van der Waals surface area contributed by atoms with Gasteiger partial charge in [-0.05, 0) is 24.3 Å². The van der Waals surface area contributed by atoms with E-state index in [9.17, 15) is 14.7 Å². The molecule has 0 aliphatic rings. The highest BCUT2D eigenvalue weighted by Crippen LogP contribution is 2.22. The lowest BCUT2D eigenvalue weighted by Crippen LogP contribution is -2.18. The first-order valence-corrected chi connectivity index (χ1v) is 7.90. The van der Waals surface area contributed by atoms with Crippen LogP contribution in [-0.2, 0) is 0 Å². The number of hydrogen-bond acceptors (Lipinski definition) is 7. The maximum Gasteiger partial charge on any atom is 0.341 e. The van der Waals surface area contributed by atoms with Crippen molar-refractivity contribution in [3.05, 3.63) is 64.8 Å². The second-order valence-electron chi connectivity index (χ2n) is 5.06. The maximum absolute atomic E-state index is 12.3. The van der Waals surface area contributed by atoms with Gasteiger partial charge in [-0.3, -0.25) is 14.3 Å². The van der Waals surface area contributed by atoms with Crippen LogP contribution < -0.4 is 5.43 Å². The molecule has 0 amide bonds. The van der Waals surface area contributed by atoms with Crippen molar-refractivity contribution in [2.24, 2.45) is 0 Å². The number of aromatic nitrogens is 5. The lowest BCUT2D eigenvalue weighted by Gasteiger charge is -2.07. The van der Waals surface area contributed by atoms with Crippen LogP contribution in [0.4, 0.5) is 0 Å². The summed E-state index contributed by atoms with van der Waals surface area (Å²) in [5, 5.41) is 9.92. The molecule has 1 N–H and O–H groups in total. The molecule has 4 rings (SSSR count). The molecule has 25 heavy (non-hydrogen) atoms. The second-order valence-corrected chi connectivity index (χ2v) is 5.79.